The first-order chi connectivity index (χ1) is 9.46. The van der Waals surface area contributed by atoms with Gasteiger partial charge in [0.2, 0.25) is 10.0 Å². The van der Waals surface area contributed by atoms with E-state index in [2.05, 4.69) is 5.32 Å². The van der Waals surface area contributed by atoms with Gasteiger partial charge in [0, 0.05) is 25.7 Å². The highest BCUT2D eigenvalue weighted by Gasteiger charge is 2.28. The van der Waals surface area contributed by atoms with Crippen LogP contribution >= 0.6 is 23.2 Å². The third kappa shape index (κ3) is 3.20. The van der Waals surface area contributed by atoms with Crippen LogP contribution in [-0.2, 0) is 10.0 Å². The Morgan fingerprint density at radius 2 is 1.95 bits per heavy atom. The van der Waals surface area contributed by atoms with Crippen LogP contribution in [0.2, 0.25) is 10.0 Å². The number of methoxy groups -OCH3 is 1. The Morgan fingerprint density at radius 1 is 1.20 bits per heavy atom. The summed E-state index contributed by atoms with van der Waals surface area (Å²) in [6.45, 7) is 2.32. The summed E-state index contributed by atoms with van der Waals surface area (Å²) in [5, 5.41) is 3.50. The Morgan fingerprint density at radius 3 is 2.65 bits per heavy atom. The molecule has 1 aliphatic heterocycles. The lowest BCUT2D eigenvalue weighted by Gasteiger charge is -2.20. The van der Waals surface area contributed by atoms with Gasteiger partial charge in [0.25, 0.3) is 0 Å². The number of nitrogens with zero attached hydrogens (tertiary/aromatic N) is 1. The first-order valence-electron chi connectivity index (χ1n) is 6.20. The van der Waals surface area contributed by atoms with Gasteiger partial charge in [0.05, 0.1) is 17.2 Å². The molecule has 0 unspecified atom stereocenters. The Labute approximate surface area is 128 Å². The molecule has 0 aliphatic carbocycles. The maximum atomic E-state index is 12.6. The highest BCUT2D eigenvalue weighted by Crippen LogP contribution is 2.34. The van der Waals surface area contributed by atoms with Crippen molar-refractivity contribution in [1.82, 2.24) is 9.62 Å². The van der Waals surface area contributed by atoms with Crippen LogP contribution in [0, 0.1) is 0 Å². The van der Waals surface area contributed by atoms with E-state index in [1.165, 1.54) is 23.5 Å². The average Bonchev–Trinajstić information content (AvgIpc) is 2.70. The van der Waals surface area contributed by atoms with Crippen molar-refractivity contribution in [2.45, 2.75) is 11.3 Å². The third-order valence-electron chi connectivity index (χ3n) is 3.12. The van der Waals surface area contributed by atoms with Gasteiger partial charge in [-0.3, -0.25) is 0 Å². The lowest BCUT2D eigenvalue weighted by molar-refractivity contribution is 0.414. The van der Waals surface area contributed by atoms with Crippen LogP contribution in [0.25, 0.3) is 0 Å². The Kier molecular flexibility index (Phi) is 5.14. The van der Waals surface area contributed by atoms with Crippen LogP contribution in [0.3, 0.4) is 0 Å². The molecule has 0 atom stereocenters. The molecule has 8 heteroatoms. The van der Waals surface area contributed by atoms with E-state index in [0.29, 0.717) is 25.4 Å². The molecule has 0 saturated carbocycles. The molecule has 0 radical (unpaired) electrons. The molecule has 1 aliphatic rings. The van der Waals surface area contributed by atoms with Crippen molar-refractivity contribution < 1.29 is 13.2 Å². The lowest BCUT2D eigenvalue weighted by atomic mass is 10.3. The molecule has 1 fully saturated rings. The van der Waals surface area contributed by atoms with Crippen molar-refractivity contribution in [2.75, 3.05) is 33.3 Å². The van der Waals surface area contributed by atoms with Crippen LogP contribution in [-0.4, -0.2) is 46.0 Å². The molecule has 1 heterocycles. The third-order valence-corrected chi connectivity index (χ3v) is 5.78. The maximum absolute atomic E-state index is 12.6. The standard InChI is InChI=1S/C12H16Cl2N2O3S/c1-19-11-7-10(14)12(8-9(11)13)20(17,18)16-5-2-3-15-4-6-16/h7-8,15H,2-6H2,1H3. The smallest absolute Gasteiger partial charge is 0.244 e. The highest BCUT2D eigenvalue weighted by molar-refractivity contribution is 7.89. The van der Waals surface area contributed by atoms with Gasteiger partial charge < -0.3 is 10.1 Å². The number of nitrogens with one attached hydrogen (secondary N) is 1. The zero-order valence-corrected chi connectivity index (χ0v) is 13.4. The fraction of sp³-hybridized carbons (Fsp3) is 0.500. The molecular weight excluding hydrogens is 323 g/mol. The molecule has 1 aromatic carbocycles. The van der Waals surface area contributed by atoms with Gasteiger partial charge in [-0.15, -0.1) is 0 Å². The van der Waals surface area contributed by atoms with Gasteiger partial charge in [0.15, 0.2) is 0 Å². The molecule has 0 amide bonds. The number of hydrogen-bond acceptors (Lipinski definition) is 4. The van der Waals surface area contributed by atoms with E-state index in [9.17, 15) is 8.42 Å². The monoisotopic (exact) mass is 338 g/mol. The number of ether oxygens (including phenoxy) is 1. The molecule has 1 saturated heterocycles. The summed E-state index contributed by atoms with van der Waals surface area (Å²) >= 11 is 12.1. The maximum Gasteiger partial charge on any atom is 0.244 e. The molecular formula is C12H16Cl2N2O3S. The molecule has 1 aromatic rings. The van der Waals surface area contributed by atoms with E-state index in [0.717, 1.165) is 13.0 Å². The van der Waals surface area contributed by atoms with Crippen LogP contribution in [0.15, 0.2) is 17.0 Å². The quantitative estimate of drug-likeness (QED) is 0.915. The van der Waals surface area contributed by atoms with Gasteiger partial charge in [-0.05, 0) is 19.0 Å². The molecule has 0 spiro atoms. The largest absolute Gasteiger partial charge is 0.495 e. The van der Waals surface area contributed by atoms with Crippen molar-refractivity contribution in [2.24, 2.45) is 0 Å². The predicted molar refractivity (Wildman–Crippen MR) is 79.3 cm³/mol. The van der Waals surface area contributed by atoms with E-state index in [1.54, 1.807) is 0 Å². The summed E-state index contributed by atoms with van der Waals surface area (Å²) < 4.78 is 31.7. The summed E-state index contributed by atoms with van der Waals surface area (Å²) in [6.07, 6.45) is 0.765. The van der Waals surface area contributed by atoms with Crippen molar-refractivity contribution in [3.63, 3.8) is 0 Å². The van der Waals surface area contributed by atoms with Crippen molar-refractivity contribution in [3.8, 4) is 5.75 Å². The Hall–Kier alpha value is -0.530. The average molecular weight is 339 g/mol. The number of hydrogen-bond donors (Lipinski definition) is 1. The number of sulfonamides is 1. The molecule has 112 valence electrons. The number of benzene rings is 1. The van der Waals surface area contributed by atoms with Gasteiger partial charge >= 0.3 is 0 Å². The molecule has 5 nitrogen and oxygen atoms in total. The van der Waals surface area contributed by atoms with Crippen LogP contribution in [0.4, 0.5) is 0 Å². The zero-order chi connectivity index (χ0) is 14.8. The lowest BCUT2D eigenvalue weighted by Crippen LogP contribution is -2.34. The topological polar surface area (TPSA) is 58.6 Å². The molecule has 0 bridgehead atoms. The SMILES string of the molecule is COc1cc(Cl)c(S(=O)(=O)N2CCCNCC2)cc1Cl. The van der Waals surface area contributed by atoms with Gasteiger partial charge in [0.1, 0.15) is 10.6 Å². The second-order valence-electron chi connectivity index (χ2n) is 4.42. The van der Waals surface area contributed by atoms with E-state index >= 15 is 0 Å². The normalized spacial score (nSPS) is 17.8. The Bertz CT molecular complexity index is 585. The van der Waals surface area contributed by atoms with Gasteiger partial charge in [-0.1, -0.05) is 23.2 Å². The van der Waals surface area contributed by atoms with Gasteiger partial charge in [-0.2, -0.15) is 4.31 Å². The Balaban J connectivity index is 2.40. The van der Waals surface area contributed by atoms with Crippen LogP contribution in [0.1, 0.15) is 6.42 Å². The number of halogens is 2. The van der Waals surface area contributed by atoms with E-state index in [4.69, 9.17) is 27.9 Å². The van der Waals surface area contributed by atoms with Crippen molar-refractivity contribution in [3.05, 3.63) is 22.2 Å². The molecule has 2 rings (SSSR count). The molecule has 20 heavy (non-hydrogen) atoms. The first kappa shape index (κ1) is 15.9. The molecule has 0 aromatic heterocycles. The van der Waals surface area contributed by atoms with Crippen molar-refractivity contribution >= 4 is 33.2 Å². The van der Waals surface area contributed by atoms with Crippen LogP contribution in [0.5, 0.6) is 5.75 Å². The molecule has 1 N–H and O–H groups in total. The predicted octanol–water partition coefficient (Wildman–Crippen LogP) is 1.99. The van der Waals surface area contributed by atoms with E-state index < -0.39 is 10.0 Å². The summed E-state index contributed by atoms with van der Waals surface area (Å²) in [4.78, 5) is 0.0202. The summed E-state index contributed by atoms with van der Waals surface area (Å²) in [5.41, 5.74) is 0. The van der Waals surface area contributed by atoms with E-state index in [-0.39, 0.29) is 14.9 Å². The van der Waals surface area contributed by atoms with E-state index in [1.807, 2.05) is 0 Å². The fourth-order valence-electron chi connectivity index (χ4n) is 2.06. The minimum atomic E-state index is -3.64. The minimum Gasteiger partial charge on any atom is -0.495 e. The van der Waals surface area contributed by atoms with Gasteiger partial charge in [-0.25, -0.2) is 8.42 Å². The second-order valence-corrected chi connectivity index (χ2v) is 7.15. The van der Waals surface area contributed by atoms with Crippen molar-refractivity contribution in [1.29, 1.82) is 0 Å². The fourth-order valence-corrected chi connectivity index (χ4v) is 4.37. The minimum absolute atomic E-state index is 0.0202. The summed E-state index contributed by atoms with van der Waals surface area (Å²) in [5.74, 6) is 0.355. The summed E-state index contributed by atoms with van der Waals surface area (Å²) in [7, 11) is -2.19. The number of rotatable bonds is 3. The zero-order valence-electron chi connectivity index (χ0n) is 11.0. The van der Waals surface area contributed by atoms with Crippen LogP contribution < -0.4 is 10.1 Å². The second kappa shape index (κ2) is 6.49. The first-order valence-corrected chi connectivity index (χ1v) is 8.40. The summed E-state index contributed by atoms with van der Waals surface area (Å²) in [6, 6.07) is 2.77. The highest BCUT2D eigenvalue weighted by atomic mass is 35.5.